The summed E-state index contributed by atoms with van der Waals surface area (Å²) < 4.78 is 16.8. The van der Waals surface area contributed by atoms with Crippen molar-refractivity contribution in [2.45, 2.75) is 5.66 Å². The van der Waals surface area contributed by atoms with Crippen molar-refractivity contribution in [2.75, 3.05) is 0 Å². The van der Waals surface area contributed by atoms with Gasteiger partial charge in [-0.15, -0.1) is 0 Å². The minimum absolute atomic E-state index is 0.697. The van der Waals surface area contributed by atoms with Crippen molar-refractivity contribution in [3.8, 4) is 17.3 Å². The minimum atomic E-state index is -0.697. The molecule has 0 amide bonds. The molecule has 12 rings (SSSR count). The first-order chi connectivity index (χ1) is 20.9. The molecule has 1 atom stereocenters. The lowest BCUT2D eigenvalue weighted by molar-refractivity contribution is -0.946. The predicted molar refractivity (Wildman–Crippen MR) is 161 cm³/mol. The van der Waals surface area contributed by atoms with Gasteiger partial charge in [0.2, 0.25) is 0 Å². The number of rotatable bonds is 0. The van der Waals surface area contributed by atoms with Crippen LogP contribution in [-0.4, -0.2) is 14.0 Å². The average molecular weight is 538 g/mol. The van der Waals surface area contributed by atoms with E-state index < -0.39 is 5.66 Å². The Morgan fingerprint density at radius 1 is 0.667 bits per heavy atom. The molecule has 6 nitrogen and oxygen atoms in total. The maximum atomic E-state index is 6.89. The fourth-order valence-corrected chi connectivity index (χ4v) is 8.60. The van der Waals surface area contributed by atoms with Gasteiger partial charge in [0, 0.05) is 28.4 Å². The summed E-state index contributed by atoms with van der Waals surface area (Å²) >= 11 is 0. The molecular formula is C36H19N5O+2. The van der Waals surface area contributed by atoms with E-state index in [1.165, 1.54) is 55.0 Å². The zero-order chi connectivity index (χ0) is 26.9. The Morgan fingerprint density at radius 2 is 1.45 bits per heavy atom. The molecule has 0 N–H and O–H groups in total. The second-order valence-electron chi connectivity index (χ2n) is 11.6. The summed E-state index contributed by atoms with van der Waals surface area (Å²) in [6, 6.07) is 37.1. The molecule has 0 fully saturated rings. The van der Waals surface area contributed by atoms with Crippen LogP contribution in [0.25, 0.3) is 66.1 Å². The number of hydrogen-bond donors (Lipinski definition) is 0. The number of imidazole rings is 1. The van der Waals surface area contributed by atoms with E-state index in [1.807, 2.05) is 12.3 Å². The summed E-state index contributed by atoms with van der Waals surface area (Å²) in [5.41, 5.74) is 9.68. The highest BCUT2D eigenvalue weighted by Crippen LogP contribution is 2.57. The van der Waals surface area contributed by atoms with Gasteiger partial charge in [0.05, 0.1) is 11.6 Å². The van der Waals surface area contributed by atoms with E-state index in [2.05, 4.69) is 121 Å². The summed E-state index contributed by atoms with van der Waals surface area (Å²) in [5.74, 6) is 2.92. The van der Waals surface area contributed by atoms with E-state index in [9.17, 15) is 0 Å². The molecule has 0 saturated heterocycles. The van der Waals surface area contributed by atoms with Crippen molar-refractivity contribution >= 4 is 60.3 Å². The van der Waals surface area contributed by atoms with Crippen LogP contribution < -0.4 is 13.9 Å². The summed E-state index contributed by atoms with van der Waals surface area (Å²) in [4.78, 5) is 4.95. The maximum Gasteiger partial charge on any atom is 0.319 e. The highest BCUT2D eigenvalue weighted by molar-refractivity contribution is 6.16. The Balaban J connectivity index is 1.48. The number of ether oxygens (including phenoxy) is 1. The Labute approximate surface area is 237 Å². The van der Waals surface area contributed by atoms with Crippen molar-refractivity contribution in [1.29, 1.82) is 0 Å². The molecule has 5 aromatic heterocycles. The van der Waals surface area contributed by atoms with Crippen LogP contribution in [0.4, 0.5) is 0 Å². The molecule has 0 radical (unpaired) electrons. The van der Waals surface area contributed by atoms with Gasteiger partial charge in [-0.05, 0) is 66.7 Å². The van der Waals surface area contributed by atoms with E-state index >= 15 is 0 Å². The first kappa shape index (κ1) is 20.2. The van der Waals surface area contributed by atoms with Crippen LogP contribution in [0.3, 0.4) is 0 Å². The van der Waals surface area contributed by atoms with Crippen molar-refractivity contribution in [3.05, 3.63) is 127 Å². The Kier molecular flexibility index (Phi) is 3.01. The lowest BCUT2D eigenvalue weighted by Gasteiger charge is -2.36. The van der Waals surface area contributed by atoms with E-state index in [1.54, 1.807) is 0 Å². The third kappa shape index (κ3) is 1.82. The van der Waals surface area contributed by atoms with Crippen LogP contribution in [0, 0.1) is 0 Å². The van der Waals surface area contributed by atoms with E-state index in [0.29, 0.717) is 0 Å². The maximum absolute atomic E-state index is 6.89. The molecule has 0 aliphatic carbocycles. The normalized spacial score (nSPS) is 17.3. The lowest BCUT2D eigenvalue weighted by atomic mass is 9.83. The van der Waals surface area contributed by atoms with Crippen LogP contribution >= 0.6 is 0 Å². The second kappa shape index (κ2) is 6.26. The molecule has 9 aromatic rings. The predicted octanol–water partition coefficient (Wildman–Crippen LogP) is 6.50. The molecule has 0 bridgehead atoms. The van der Waals surface area contributed by atoms with Crippen LogP contribution in [0.15, 0.2) is 116 Å². The SMILES string of the molecule is c1cc[n+]2c(c1)-n1c3ccccc3c3ccc4c(c31)C21c2c(ccc3c5ncccc5n5c6ccccc6[n+]1c5c23)O4. The van der Waals surface area contributed by atoms with Gasteiger partial charge in [0.25, 0.3) is 5.82 Å². The fraction of sp³-hybridized carbons (Fsp3) is 0.0278. The molecule has 3 aliphatic heterocycles. The highest BCUT2D eigenvalue weighted by Gasteiger charge is 2.65. The number of nitrogens with zero attached hydrogens (tertiary/aromatic N) is 5. The van der Waals surface area contributed by atoms with Gasteiger partial charge in [0.1, 0.15) is 33.7 Å². The smallest absolute Gasteiger partial charge is 0.319 e. The van der Waals surface area contributed by atoms with E-state index in [-0.39, 0.29) is 0 Å². The van der Waals surface area contributed by atoms with Crippen molar-refractivity contribution in [3.63, 3.8) is 0 Å². The molecule has 1 unspecified atom stereocenters. The van der Waals surface area contributed by atoms with E-state index in [0.717, 1.165) is 33.7 Å². The van der Waals surface area contributed by atoms with Crippen molar-refractivity contribution < 1.29 is 13.9 Å². The first-order valence-corrected chi connectivity index (χ1v) is 14.3. The summed E-state index contributed by atoms with van der Waals surface area (Å²) in [6.07, 6.45) is 4.15. The van der Waals surface area contributed by atoms with Crippen LogP contribution in [0.1, 0.15) is 11.1 Å². The third-order valence-corrected chi connectivity index (χ3v) is 9.92. The fourth-order valence-electron chi connectivity index (χ4n) is 8.60. The molecule has 0 saturated carbocycles. The topological polar surface area (TPSA) is 39.2 Å². The van der Waals surface area contributed by atoms with Gasteiger partial charge in [-0.3, -0.25) is 4.98 Å². The number of para-hydroxylation sites is 3. The number of hydrogen-bond acceptors (Lipinski definition) is 2. The van der Waals surface area contributed by atoms with Crippen molar-refractivity contribution in [2.24, 2.45) is 0 Å². The second-order valence-corrected chi connectivity index (χ2v) is 11.6. The Morgan fingerprint density at radius 3 is 2.40 bits per heavy atom. The van der Waals surface area contributed by atoms with Gasteiger partial charge < -0.3 is 4.74 Å². The molecule has 8 heterocycles. The molecular weight excluding hydrogens is 518 g/mol. The van der Waals surface area contributed by atoms with Crippen LogP contribution in [0.2, 0.25) is 0 Å². The van der Waals surface area contributed by atoms with Crippen molar-refractivity contribution in [1.82, 2.24) is 14.0 Å². The molecule has 4 aromatic carbocycles. The minimum Gasteiger partial charge on any atom is -0.456 e. The zero-order valence-corrected chi connectivity index (χ0v) is 22.1. The highest BCUT2D eigenvalue weighted by atomic mass is 16.5. The molecule has 1 spiro atoms. The molecule has 42 heavy (non-hydrogen) atoms. The van der Waals surface area contributed by atoms with Gasteiger partial charge in [-0.25, -0.2) is 0 Å². The van der Waals surface area contributed by atoms with Crippen LogP contribution in [-0.2, 0) is 5.66 Å². The number of fused-ring (bicyclic) bond motifs is 11. The molecule has 3 aliphatic rings. The lowest BCUT2D eigenvalue weighted by Crippen LogP contribution is -2.75. The van der Waals surface area contributed by atoms with Crippen LogP contribution in [0.5, 0.6) is 11.5 Å². The average Bonchev–Trinajstić information content (AvgIpc) is 3.68. The van der Waals surface area contributed by atoms with Gasteiger partial charge >= 0.3 is 11.3 Å². The van der Waals surface area contributed by atoms with E-state index in [4.69, 9.17) is 9.72 Å². The summed E-state index contributed by atoms with van der Waals surface area (Å²) in [6.45, 7) is 0. The first-order valence-electron chi connectivity index (χ1n) is 14.3. The monoisotopic (exact) mass is 537 g/mol. The molecule has 192 valence electrons. The summed E-state index contributed by atoms with van der Waals surface area (Å²) in [7, 11) is 0. The largest absolute Gasteiger partial charge is 0.456 e. The number of aromatic nitrogens is 5. The standard InChI is InChI=1S/C36H19N5O/c1-2-9-23-20(8-1)21-14-16-28-32-34(21)40(23)29-13-5-6-19-38(29)36(32)31-27(42-28)17-15-22-30(31)35-39(26-12-7-18-37-33(22)26)24-10-3-4-11-25(24)41(35)36/h1-19H/q+2. The number of benzene rings is 4. The third-order valence-electron chi connectivity index (χ3n) is 9.92. The summed E-state index contributed by atoms with van der Waals surface area (Å²) in [5, 5.41) is 4.83. The Hall–Kier alpha value is -5.75. The van der Waals surface area contributed by atoms with Gasteiger partial charge in [0.15, 0.2) is 22.1 Å². The zero-order valence-electron chi connectivity index (χ0n) is 22.1. The van der Waals surface area contributed by atoms with Gasteiger partial charge in [-0.1, -0.05) is 30.3 Å². The van der Waals surface area contributed by atoms with Gasteiger partial charge in [-0.2, -0.15) is 18.1 Å². The number of pyridine rings is 3. The quantitative estimate of drug-likeness (QED) is 0.164. The Bertz CT molecular complexity index is 2790. The molecule has 6 heteroatoms.